The average molecular weight is 290 g/mol. The van der Waals surface area contributed by atoms with Gasteiger partial charge in [0.05, 0.1) is 0 Å². The molecule has 0 atom stereocenters. The van der Waals surface area contributed by atoms with Crippen molar-refractivity contribution in [2.45, 2.75) is 32.6 Å². The number of likely N-dealkylation sites (N-methyl/N-ethyl adjacent to an activating group) is 1. The quantitative estimate of drug-likeness (QED) is 0.845. The number of hydrogen-bond donors (Lipinski definition) is 2. The molecule has 5 nitrogen and oxygen atoms in total. The van der Waals surface area contributed by atoms with E-state index < -0.39 is 0 Å². The van der Waals surface area contributed by atoms with E-state index in [1.165, 1.54) is 0 Å². The third-order valence-corrected chi connectivity index (χ3v) is 3.59. The molecule has 0 radical (unpaired) electrons. The Morgan fingerprint density at radius 1 is 1.19 bits per heavy atom. The molecule has 0 spiro atoms. The number of nitrogens with one attached hydrogen (secondary N) is 2. The Morgan fingerprint density at radius 3 is 2.48 bits per heavy atom. The van der Waals surface area contributed by atoms with Crippen molar-refractivity contribution in [2.24, 2.45) is 5.92 Å². The van der Waals surface area contributed by atoms with Crippen LogP contribution in [0, 0.1) is 5.92 Å². The number of carbonyl (C=O) groups excluding carboxylic acids is 2. The van der Waals surface area contributed by atoms with Crippen LogP contribution in [0.3, 0.4) is 0 Å². The summed E-state index contributed by atoms with van der Waals surface area (Å²) < 4.78 is 5.36. The van der Waals surface area contributed by atoms with Crippen molar-refractivity contribution in [3.63, 3.8) is 0 Å². The fourth-order valence-electron chi connectivity index (χ4n) is 2.46. The second-order valence-corrected chi connectivity index (χ2v) is 5.24. The summed E-state index contributed by atoms with van der Waals surface area (Å²) in [6, 6.07) is 7.09. The zero-order valence-corrected chi connectivity index (χ0v) is 12.4. The largest absolute Gasteiger partial charge is 0.484 e. The summed E-state index contributed by atoms with van der Waals surface area (Å²) in [4.78, 5) is 23.3. The van der Waals surface area contributed by atoms with Crippen molar-refractivity contribution in [3.8, 4) is 5.75 Å². The number of hydrogen-bond acceptors (Lipinski definition) is 3. The Labute approximate surface area is 125 Å². The fourth-order valence-corrected chi connectivity index (χ4v) is 2.46. The summed E-state index contributed by atoms with van der Waals surface area (Å²) in [7, 11) is 0. The number of anilines is 1. The van der Waals surface area contributed by atoms with Gasteiger partial charge in [0.2, 0.25) is 5.91 Å². The molecule has 1 fully saturated rings. The van der Waals surface area contributed by atoms with Crippen LogP contribution in [0.15, 0.2) is 24.3 Å². The number of ether oxygens (including phenoxy) is 1. The van der Waals surface area contributed by atoms with E-state index in [0.29, 0.717) is 12.3 Å². The molecular weight excluding hydrogens is 268 g/mol. The highest BCUT2D eigenvalue weighted by Crippen LogP contribution is 2.26. The topological polar surface area (TPSA) is 67.4 Å². The minimum Gasteiger partial charge on any atom is -0.484 e. The van der Waals surface area contributed by atoms with Crippen molar-refractivity contribution in [2.75, 3.05) is 18.5 Å². The summed E-state index contributed by atoms with van der Waals surface area (Å²) in [5, 5.41) is 5.59. The lowest BCUT2D eigenvalue weighted by atomic mass is 10.1. The summed E-state index contributed by atoms with van der Waals surface area (Å²) in [6.07, 6.45) is 4.26. The highest BCUT2D eigenvalue weighted by molar-refractivity contribution is 5.92. The first kappa shape index (κ1) is 15.4. The van der Waals surface area contributed by atoms with E-state index in [9.17, 15) is 9.59 Å². The predicted molar refractivity (Wildman–Crippen MR) is 81.2 cm³/mol. The van der Waals surface area contributed by atoms with Gasteiger partial charge in [0, 0.05) is 18.2 Å². The van der Waals surface area contributed by atoms with Crippen molar-refractivity contribution >= 4 is 17.5 Å². The van der Waals surface area contributed by atoms with Crippen LogP contribution in [-0.2, 0) is 9.59 Å². The first-order valence-electron chi connectivity index (χ1n) is 7.49. The van der Waals surface area contributed by atoms with E-state index in [-0.39, 0.29) is 24.3 Å². The molecule has 1 aromatic carbocycles. The van der Waals surface area contributed by atoms with Gasteiger partial charge in [0.25, 0.3) is 5.91 Å². The minimum absolute atomic E-state index is 0.00161. The second-order valence-electron chi connectivity index (χ2n) is 5.24. The van der Waals surface area contributed by atoms with Crippen LogP contribution in [-0.4, -0.2) is 25.0 Å². The van der Waals surface area contributed by atoms with Gasteiger partial charge in [-0.3, -0.25) is 9.59 Å². The van der Waals surface area contributed by atoms with Gasteiger partial charge in [-0.15, -0.1) is 0 Å². The first-order valence-corrected chi connectivity index (χ1v) is 7.49. The van der Waals surface area contributed by atoms with E-state index in [2.05, 4.69) is 10.6 Å². The predicted octanol–water partition coefficient (Wildman–Crippen LogP) is 2.33. The Bertz CT molecular complexity index is 479. The third-order valence-electron chi connectivity index (χ3n) is 3.59. The lowest BCUT2D eigenvalue weighted by Crippen LogP contribution is -2.28. The van der Waals surface area contributed by atoms with Crippen LogP contribution in [0.1, 0.15) is 32.6 Å². The Kier molecular flexibility index (Phi) is 5.60. The normalized spacial score (nSPS) is 14.7. The van der Waals surface area contributed by atoms with E-state index in [1.807, 2.05) is 6.92 Å². The maximum Gasteiger partial charge on any atom is 0.257 e. The molecule has 0 unspecified atom stereocenters. The van der Waals surface area contributed by atoms with Gasteiger partial charge in [-0.1, -0.05) is 12.8 Å². The fraction of sp³-hybridized carbons (Fsp3) is 0.500. The molecule has 0 heterocycles. The van der Waals surface area contributed by atoms with Crippen LogP contribution in [0.25, 0.3) is 0 Å². The number of amides is 2. The molecule has 0 saturated heterocycles. The Morgan fingerprint density at radius 2 is 1.86 bits per heavy atom. The third kappa shape index (κ3) is 4.77. The zero-order valence-electron chi connectivity index (χ0n) is 12.4. The van der Waals surface area contributed by atoms with Gasteiger partial charge in [0.1, 0.15) is 5.75 Å². The van der Waals surface area contributed by atoms with Crippen molar-refractivity contribution in [3.05, 3.63) is 24.3 Å². The molecule has 1 aliphatic carbocycles. The van der Waals surface area contributed by atoms with Crippen LogP contribution >= 0.6 is 0 Å². The van der Waals surface area contributed by atoms with Gasteiger partial charge in [-0.25, -0.2) is 0 Å². The van der Waals surface area contributed by atoms with Crippen molar-refractivity contribution in [1.82, 2.24) is 5.32 Å². The summed E-state index contributed by atoms with van der Waals surface area (Å²) in [5.74, 6) is 0.721. The molecule has 5 heteroatoms. The highest BCUT2D eigenvalue weighted by atomic mass is 16.5. The molecule has 1 aromatic rings. The maximum absolute atomic E-state index is 12.0. The standard InChI is InChI=1S/C16H22N2O3/c1-2-17-15(19)11-21-14-9-7-13(8-10-14)18-16(20)12-5-3-4-6-12/h7-10,12H,2-6,11H2,1H3,(H,17,19)(H,18,20). The molecule has 114 valence electrons. The van der Waals surface area contributed by atoms with Gasteiger partial charge >= 0.3 is 0 Å². The second kappa shape index (κ2) is 7.67. The first-order chi connectivity index (χ1) is 10.2. The van der Waals surface area contributed by atoms with Crippen LogP contribution < -0.4 is 15.4 Å². The summed E-state index contributed by atoms with van der Waals surface area (Å²) >= 11 is 0. The SMILES string of the molecule is CCNC(=O)COc1ccc(NC(=O)C2CCCC2)cc1. The van der Waals surface area contributed by atoms with Crippen LogP contribution in [0.4, 0.5) is 5.69 Å². The summed E-state index contributed by atoms with van der Waals surface area (Å²) in [6.45, 7) is 2.45. The smallest absolute Gasteiger partial charge is 0.257 e. The molecule has 2 N–H and O–H groups in total. The molecule has 0 aromatic heterocycles. The van der Waals surface area contributed by atoms with E-state index in [1.54, 1.807) is 24.3 Å². The van der Waals surface area contributed by atoms with Gasteiger partial charge in [-0.2, -0.15) is 0 Å². The molecule has 0 aliphatic heterocycles. The van der Waals surface area contributed by atoms with E-state index in [4.69, 9.17) is 4.74 Å². The number of carbonyl (C=O) groups is 2. The number of benzene rings is 1. The molecule has 2 rings (SSSR count). The van der Waals surface area contributed by atoms with Gasteiger partial charge < -0.3 is 15.4 Å². The molecular formula is C16H22N2O3. The van der Waals surface area contributed by atoms with E-state index in [0.717, 1.165) is 31.4 Å². The van der Waals surface area contributed by atoms with Gasteiger partial charge in [0.15, 0.2) is 6.61 Å². The lowest BCUT2D eigenvalue weighted by Gasteiger charge is -2.11. The zero-order chi connectivity index (χ0) is 15.1. The summed E-state index contributed by atoms with van der Waals surface area (Å²) in [5.41, 5.74) is 0.761. The molecule has 0 bridgehead atoms. The molecule has 2 amide bonds. The lowest BCUT2D eigenvalue weighted by molar-refractivity contribution is -0.123. The minimum atomic E-state index is -0.142. The maximum atomic E-state index is 12.0. The van der Waals surface area contributed by atoms with Crippen molar-refractivity contribution < 1.29 is 14.3 Å². The van der Waals surface area contributed by atoms with Gasteiger partial charge in [-0.05, 0) is 44.0 Å². The van der Waals surface area contributed by atoms with Crippen molar-refractivity contribution in [1.29, 1.82) is 0 Å². The number of rotatable bonds is 6. The Balaban J connectivity index is 1.81. The average Bonchev–Trinajstić information content (AvgIpc) is 3.01. The van der Waals surface area contributed by atoms with Crippen LogP contribution in [0.5, 0.6) is 5.75 Å². The highest BCUT2D eigenvalue weighted by Gasteiger charge is 2.22. The molecule has 21 heavy (non-hydrogen) atoms. The molecule has 1 saturated carbocycles. The Hall–Kier alpha value is -2.04. The van der Waals surface area contributed by atoms with Crippen LogP contribution in [0.2, 0.25) is 0 Å². The van der Waals surface area contributed by atoms with E-state index >= 15 is 0 Å². The molecule has 1 aliphatic rings. The monoisotopic (exact) mass is 290 g/mol.